The van der Waals surface area contributed by atoms with E-state index in [1.807, 2.05) is 0 Å². The van der Waals surface area contributed by atoms with Gasteiger partial charge in [0.1, 0.15) is 6.54 Å². The maximum absolute atomic E-state index is 12.7. The molecule has 3 aromatic rings. The molecule has 1 aromatic heterocycles. The quantitative estimate of drug-likeness (QED) is 0.543. The number of aromatic nitrogens is 2. The van der Waals surface area contributed by atoms with Gasteiger partial charge in [-0.15, -0.1) is 0 Å². The number of amides is 2. The Morgan fingerprint density at radius 2 is 1.75 bits per heavy atom. The predicted octanol–water partition coefficient (Wildman–Crippen LogP) is 0.642. The van der Waals surface area contributed by atoms with E-state index in [4.69, 9.17) is 0 Å². The van der Waals surface area contributed by atoms with E-state index >= 15 is 0 Å². The van der Waals surface area contributed by atoms with Crippen LogP contribution in [0.1, 0.15) is 23.2 Å². The molecule has 2 aromatic carbocycles. The first-order valence-electron chi connectivity index (χ1n) is 10.0. The van der Waals surface area contributed by atoms with Gasteiger partial charge < -0.3 is 0 Å². The topological polar surface area (TPSA) is 130 Å². The largest absolute Gasteiger partial charge is 0.296 e. The SMILES string of the molecule is O=C(Cn1c(=O)cnc2ccccc21)NNC(=O)c1cccc(S(=O)(=O)N2CCCC2)c1. The van der Waals surface area contributed by atoms with E-state index in [-0.39, 0.29) is 17.0 Å². The summed E-state index contributed by atoms with van der Waals surface area (Å²) in [6.07, 6.45) is 2.74. The van der Waals surface area contributed by atoms with E-state index in [0.717, 1.165) is 19.0 Å². The minimum atomic E-state index is -3.67. The predicted molar refractivity (Wildman–Crippen MR) is 116 cm³/mol. The van der Waals surface area contributed by atoms with E-state index in [2.05, 4.69) is 15.8 Å². The fraction of sp³-hybridized carbons (Fsp3) is 0.238. The third-order valence-corrected chi connectivity index (χ3v) is 7.06. The number of benzene rings is 2. The van der Waals surface area contributed by atoms with Gasteiger partial charge in [0.15, 0.2) is 0 Å². The zero-order valence-corrected chi connectivity index (χ0v) is 17.8. The first-order chi connectivity index (χ1) is 15.4. The summed E-state index contributed by atoms with van der Waals surface area (Å²) < 4.78 is 28.0. The summed E-state index contributed by atoms with van der Waals surface area (Å²) >= 11 is 0. The molecular weight excluding hydrogens is 434 g/mol. The molecule has 1 aliphatic heterocycles. The van der Waals surface area contributed by atoms with Gasteiger partial charge in [-0.2, -0.15) is 4.31 Å². The van der Waals surface area contributed by atoms with Gasteiger partial charge in [-0.1, -0.05) is 18.2 Å². The summed E-state index contributed by atoms with van der Waals surface area (Å²) in [7, 11) is -3.67. The van der Waals surface area contributed by atoms with Crippen molar-refractivity contribution in [1.82, 2.24) is 24.7 Å². The van der Waals surface area contributed by atoms with Crippen molar-refractivity contribution in [3.8, 4) is 0 Å². The second-order valence-corrected chi connectivity index (χ2v) is 9.25. The monoisotopic (exact) mass is 455 g/mol. The highest BCUT2D eigenvalue weighted by atomic mass is 32.2. The third-order valence-electron chi connectivity index (χ3n) is 5.17. The van der Waals surface area contributed by atoms with Crippen LogP contribution in [0.4, 0.5) is 0 Å². The van der Waals surface area contributed by atoms with Crippen LogP contribution in [-0.2, 0) is 21.4 Å². The summed E-state index contributed by atoms with van der Waals surface area (Å²) in [6.45, 7) is 0.585. The summed E-state index contributed by atoms with van der Waals surface area (Å²) in [5.41, 5.74) is 5.18. The van der Waals surface area contributed by atoms with Crippen molar-refractivity contribution in [3.05, 3.63) is 70.6 Å². The Hall–Kier alpha value is -3.57. The number of hydrazine groups is 1. The second kappa shape index (κ2) is 8.89. The molecular formula is C21H21N5O5S. The van der Waals surface area contributed by atoms with Crippen LogP contribution in [0.3, 0.4) is 0 Å². The molecule has 2 amide bonds. The van der Waals surface area contributed by atoms with Crippen molar-refractivity contribution in [3.63, 3.8) is 0 Å². The number of sulfonamides is 1. The van der Waals surface area contributed by atoms with E-state index < -0.39 is 27.4 Å². The average Bonchev–Trinajstić information content (AvgIpc) is 3.35. The summed E-state index contributed by atoms with van der Waals surface area (Å²) in [6, 6.07) is 12.5. The number of nitrogens with one attached hydrogen (secondary N) is 2. The van der Waals surface area contributed by atoms with E-state index in [9.17, 15) is 22.8 Å². The Labute approximate surface area is 183 Å². The van der Waals surface area contributed by atoms with E-state index in [1.165, 1.54) is 33.1 Å². The van der Waals surface area contributed by atoms with Gasteiger partial charge in [0.05, 0.1) is 22.1 Å². The Kier molecular flexibility index (Phi) is 6.01. The number of hydrogen-bond donors (Lipinski definition) is 2. The summed E-state index contributed by atoms with van der Waals surface area (Å²) in [5.74, 6) is -1.30. The van der Waals surface area contributed by atoms with Crippen molar-refractivity contribution < 1.29 is 18.0 Å². The molecule has 0 spiro atoms. The average molecular weight is 455 g/mol. The van der Waals surface area contributed by atoms with Gasteiger partial charge in [0, 0.05) is 18.7 Å². The molecule has 1 saturated heterocycles. The van der Waals surface area contributed by atoms with Crippen LogP contribution in [-0.4, -0.2) is 47.2 Å². The highest BCUT2D eigenvalue weighted by Crippen LogP contribution is 2.21. The molecule has 11 heteroatoms. The minimum absolute atomic E-state index is 0.0215. The molecule has 0 aliphatic carbocycles. The molecule has 0 saturated carbocycles. The Bertz CT molecular complexity index is 1350. The summed E-state index contributed by atoms with van der Waals surface area (Å²) in [5, 5.41) is 0. The van der Waals surface area contributed by atoms with E-state index in [1.54, 1.807) is 24.3 Å². The lowest BCUT2D eigenvalue weighted by atomic mass is 10.2. The number of fused-ring (bicyclic) bond motifs is 1. The van der Waals surface area contributed by atoms with Crippen LogP contribution in [0.15, 0.2) is 64.4 Å². The molecule has 0 atom stereocenters. The Balaban J connectivity index is 1.44. The molecule has 4 rings (SSSR count). The highest BCUT2D eigenvalue weighted by molar-refractivity contribution is 7.89. The molecule has 0 radical (unpaired) electrons. The van der Waals surface area contributed by atoms with Crippen LogP contribution in [0.5, 0.6) is 0 Å². The van der Waals surface area contributed by atoms with Crippen molar-refractivity contribution in [2.45, 2.75) is 24.3 Å². The summed E-state index contributed by atoms with van der Waals surface area (Å²) in [4.78, 5) is 41.0. The molecule has 1 aliphatic rings. The first kappa shape index (κ1) is 21.7. The second-order valence-electron chi connectivity index (χ2n) is 7.31. The fourth-order valence-electron chi connectivity index (χ4n) is 3.53. The van der Waals surface area contributed by atoms with Gasteiger partial charge in [-0.25, -0.2) is 13.4 Å². The number of hydrogen-bond acceptors (Lipinski definition) is 6. The highest BCUT2D eigenvalue weighted by Gasteiger charge is 2.27. The zero-order valence-electron chi connectivity index (χ0n) is 17.0. The minimum Gasteiger partial charge on any atom is -0.296 e. The number of rotatable bonds is 5. The maximum atomic E-state index is 12.7. The lowest BCUT2D eigenvalue weighted by Crippen LogP contribution is -2.44. The third kappa shape index (κ3) is 4.39. The lowest BCUT2D eigenvalue weighted by Gasteiger charge is -2.16. The smallest absolute Gasteiger partial charge is 0.269 e. The zero-order chi connectivity index (χ0) is 22.7. The molecule has 2 N–H and O–H groups in total. The number of nitrogens with zero attached hydrogens (tertiary/aromatic N) is 3. The molecule has 0 bridgehead atoms. The standard InChI is InChI=1S/C21H21N5O5S/c27-19(14-26-18-9-2-1-8-17(18)22-13-20(26)28)23-24-21(29)15-6-5-7-16(12-15)32(30,31)25-10-3-4-11-25/h1-2,5-9,12-13H,3-4,10-11,14H2,(H,23,27)(H,24,29). The Morgan fingerprint density at radius 1 is 1.00 bits per heavy atom. The van der Waals surface area contributed by atoms with Crippen LogP contribution in [0.2, 0.25) is 0 Å². The maximum Gasteiger partial charge on any atom is 0.269 e. The van der Waals surface area contributed by atoms with Gasteiger partial charge in [0.2, 0.25) is 10.0 Å². The Morgan fingerprint density at radius 3 is 2.53 bits per heavy atom. The number of carbonyl (C=O) groups is 2. The molecule has 166 valence electrons. The first-order valence-corrected chi connectivity index (χ1v) is 11.4. The molecule has 1 fully saturated rings. The fourth-order valence-corrected chi connectivity index (χ4v) is 5.10. The normalized spacial score (nSPS) is 14.4. The van der Waals surface area contributed by atoms with Gasteiger partial charge >= 0.3 is 0 Å². The van der Waals surface area contributed by atoms with Crippen molar-refractivity contribution in [2.75, 3.05) is 13.1 Å². The molecule has 32 heavy (non-hydrogen) atoms. The van der Waals surface area contributed by atoms with Gasteiger partial charge in [-0.05, 0) is 43.2 Å². The molecule has 10 nitrogen and oxygen atoms in total. The lowest BCUT2D eigenvalue weighted by molar-refractivity contribution is -0.122. The van der Waals surface area contributed by atoms with Crippen molar-refractivity contribution >= 4 is 32.9 Å². The number of carbonyl (C=O) groups excluding carboxylic acids is 2. The van der Waals surface area contributed by atoms with Crippen LogP contribution in [0.25, 0.3) is 11.0 Å². The van der Waals surface area contributed by atoms with Crippen molar-refractivity contribution in [1.29, 1.82) is 0 Å². The van der Waals surface area contributed by atoms with Crippen LogP contribution in [0, 0.1) is 0 Å². The van der Waals surface area contributed by atoms with Crippen molar-refractivity contribution in [2.24, 2.45) is 0 Å². The molecule has 0 unspecified atom stereocenters. The molecule has 2 heterocycles. The van der Waals surface area contributed by atoms with E-state index in [0.29, 0.717) is 24.1 Å². The van der Waals surface area contributed by atoms with Gasteiger partial charge in [0.25, 0.3) is 17.4 Å². The number of para-hydroxylation sites is 2. The van der Waals surface area contributed by atoms with Crippen LogP contribution >= 0.6 is 0 Å². The van der Waals surface area contributed by atoms with Gasteiger partial charge in [-0.3, -0.25) is 29.8 Å². The van der Waals surface area contributed by atoms with Crippen LogP contribution < -0.4 is 16.4 Å².